The minimum Gasteiger partial charge on any atom is -0.480 e. The molecule has 25 heavy (non-hydrogen) atoms. The van der Waals surface area contributed by atoms with Gasteiger partial charge in [0.05, 0.1) is 13.5 Å². The molecule has 0 saturated heterocycles. The summed E-state index contributed by atoms with van der Waals surface area (Å²) in [4.78, 5) is 28.5. The molecule has 0 unspecified atom stereocenters. The van der Waals surface area contributed by atoms with Gasteiger partial charge in [0.2, 0.25) is 0 Å². The highest BCUT2D eigenvalue weighted by atomic mass is 127. The lowest BCUT2D eigenvalue weighted by atomic mass is 10.2. The van der Waals surface area contributed by atoms with E-state index in [9.17, 15) is 9.59 Å². The number of halogens is 2. The second kappa shape index (κ2) is 7.98. The Morgan fingerprint density at radius 2 is 2.12 bits per heavy atom. The van der Waals surface area contributed by atoms with Crippen molar-refractivity contribution in [3.05, 3.63) is 55.4 Å². The molecule has 2 amide bonds. The normalized spacial score (nSPS) is 10.5. The molecule has 3 aromatic rings. The van der Waals surface area contributed by atoms with E-state index in [1.54, 1.807) is 35.8 Å². The molecular weight excluding hydrogens is 477 g/mol. The van der Waals surface area contributed by atoms with Crippen molar-refractivity contribution in [3.63, 3.8) is 0 Å². The van der Waals surface area contributed by atoms with Gasteiger partial charge < -0.3 is 4.74 Å². The summed E-state index contributed by atoms with van der Waals surface area (Å²) in [6, 6.07) is 8.77. The van der Waals surface area contributed by atoms with E-state index in [2.05, 4.69) is 38.4 Å². The van der Waals surface area contributed by atoms with Gasteiger partial charge in [0.15, 0.2) is 12.4 Å². The lowest BCUT2D eigenvalue weighted by Gasteiger charge is -2.12. The molecule has 0 bridgehead atoms. The Morgan fingerprint density at radius 3 is 2.88 bits per heavy atom. The smallest absolute Gasteiger partial charge is 0.279 e. The fourth-order valence-corrected chi connectivity index (χ4v) is 3.84. The van der Waals surface area contributed by atoms with Gasteiger partial charge in [-0.05, 0) is 52.2 Å². The molecule has 0 aliphatic rings. The van der Waals surface area contributed by atoms with Crippen molar-refractivity contribution < 1.29 is 14.3 Å². The minimum absolute atomic E-state index is 0.270. The minimum atomic E-state index is -0.486. The Morgan fingerprint density at radius 1 is 1.28 bits per heavy atom. The number of nitrogens with zero attached hydrogens (tertiary/aromatic N) is 1. The van der Waals surface area contributed by atoms with Gasteiger partial charge in [0.1, 0.15) is 5.52 Å². The lowest BCUT2D eigenvalue weighted by molar-refractivity contribution is -0.123. The van der Waals surface area contributed by atoms with Crippen LogP contribution >= 0.6 is 45.5 Å². The number of thiophene rings is 1. The van der Waals surface area contributed by atoms with Crippen LogP contribution in [0.3, 0.4) is 0 Å². The molecular formula is C16H11ClIN3O3S. The number of carbonyl (C=O) groups is 2. The topological polar surface area (TPSA) is 80.3 Å². The summed E-state index contributed by atoms with van der Waals surface area (Å²) in [5.74, 6) is -0.392. The van der Waals surface area contributed by atoms with Crippen LogP contribution in [-0.4, -0.2) is 23.4 Å². The van der Waals surface area contributed by atoms with Crippen LogP contribution in [0.1, 0.15) is 9.67 Å². The largest absolute Gasteiger partial charge is 0.480 e. The van der Waals surface area contributed by atoms with E-state index in [-0.39, 0.29) is 12.5 Å². The number of amides is 2. The number of hydrogen-bond acceptors (Lipinski definition) is 5. The maximum Gasteiger partial charge on any atom is 0.279 e. The third kappa shape index (κ3) is 4.20. The highest BCUT2D eigenvalue weighted by molar-refractivity contribution is 14.1. The van der Waals surface area contributed by atoms with Crippen molar-refractivity contribution in [1.82, 2.24) is 15.8 Å². The molecule has 128 valence electrons. The van der Waals surface area contributed by atoms with E-state index in [1.165, 1.54) is 11.3 Å². The number of hydrogen-bond donors (Lipinski definition) is 2. The molecule has 2 N–H and O–H groups in total. The number of nitrogens with one attached hydrogen (secondary N) is 2. The summed E-state index contributed by atoms with van der Waals surface area (Å²) in [7, 11) is 0. The molecule has 0 atom stereocenters. The van der Waals surface area contributed by atoms with E-state index in [0.717, 1.165) is 8.96 Å². The van der Waals surface area contributed by atoms with Crippen molar-refractivity contribution in [2.24, 2.45) is 0 Å². The number of carbonyl (C=O) groups excluding carboxylic acids is 2. The first kappa shape index (κ1) is 17.9. The Labute approximate surface area is 165 Å². The molecule has 0 aliphatic heterocycles. The van der Waals surface area contributed by atoms with Crippen molar-refractivity contribution >= 4 is 68.2 Å². The molecule has 6 nitrogen and oxygen atoms in total. The molecule has 2 heterocycles. The summed E-state index contributed by atoms with van der Waals surface area (Å²) in [5, 5.41) is 3.08. The summed E-state index contributed by atoms with van der Waals surface area (Å²) in [6.07, 6.45) is 1.63. The number of benzene rings is 1. The predicted molar refractivity (Wildman–Crippen MR) is 105 cm³/mol. The van der Waals surface area contributed by atoms with E-state index in [0.29, 0.717) is 21.2 Å². The predicted octanol–water partition coefficient (Wildman–Crippen LogP) is 3.39. The summed E-state index contributed by atoms with van der Waals surface area (Å²) < 4.78 is 6.34. The standard InChI is InChI=1S/C16H11ClIN3O3S/c17-10-7-11(18)15(14-9(10)3-1-5-19-14)24-8-13(22)20-21-16(23)12-4-2-6-25-12/h1-7H,8H2,(H,20,22)(H,21,23). The first-order valence-corrected chi connectivity index (χ1v) is 9.38. The average molecular weight is 488 g/mol. The molecule has 0 aliphatic carbocycles. The van der Waals surface area contributed by atoms with Crippen LogP contribution in [0.5, 0.6) is 5.75 Å². The van der Waals surface area contributed by atoms with Crippen LogP contribution in [0, 0.1) is 3.57 Å². The summed E-state index contributed by atoms with van der Waals surface area (Å²) >= 11 is 9.56. The SMILES string of the molecule is O=C(COc1c(I)cc(Cl)c2cccnc12)NNC(=O)c1cccs1. The lowest BCUT2D eigenvalue weighted by Crippen LogP contribution is -2.43. The van der Waals surface area contributed by atoms with E-state index in [4.69, 9.17) is 16.3 Å². The molecule has 0 radical (unpaired) electrons. The Hall–Kier alpha value is -1.91. The van der Waals surface area contributed by atoms with Crippen molar-refractivity contribution in [2.75, 3.05) is 6.61 Å². The molecule has 0 saturated carbocycles. The van der Waals surface area contributed by atoms with Crippen LogP contribution in [0.2, 0.25) is 5.02 Å². The molecule has 9 heteroatoms. The van der Waals surface area contributed by atoms with Gasteiger partial charge in [0.25, 0.3) is 11.8 Å². The molecule has 1 aromatic carbocycles. The number of ether oxygens (including phenoxy) is 1. The number of aromatic nitrogens is 1. The fourth-order valence-electron chi connectivity index (χ4n) is 2.05. The quantitative estimate of drug-likeness (QED) is 0.437. The average Bonchev–Trinajstić information content (AvgIpc) is 3.14. The summed E-state index contributed by atoms with van der Waals surface area (Å²) in [5.41, 5.74) is 5.23. The van der Waals surface area contributed by atoms with Crippen LogP contribution in [0.15, 0.2) is 41.9 Å². The van der Waals surface area contributed by atoms with Gasteiger partial charge in [-0.1, -0.05) is 17.7 Å². The Bertz CT molecular complexity index is 934. The van der Waals surface area contributed by atoms with E-state index >= 15 is 0 Å². The van der Waals surface area contributed by atoms with Gasteiger partial charge in [-0.25, -0.2) is 0 Å². The van der Waals surface area contributed by atoms with Gasteiger partial charge >= 0.3 is 0 Å². The van der Waals surface area contributed by atoms with Crippen LogP contribution in [0.25, 0.3) is 10.9 Å². The molecule has 0 spiro atoms. The Balaban J connectivity index is 1.64. The molecule has 3 rings (SSSR count). The van der Waals surface area contributed by atoms with E-state index in [1.807, 2.05) is 6.07 Å². The maximum atomic E-state index is 11.9. The van der Waals surface area contributed by atoms with Gasteiger partial charge in [-0.15, -0.1) is 11.3 Å². The third-order valence-corrected chi connectivity index (χ3v) is 5.14. The van der Waals surface area contributed by atoms with Crippen LogP contribution < -0.4 is 15.6 Å². The first-order valence-electron chi connectivity index (χ1n) is 7.04. The van der Waals surface area contributed by atoms with Crippen molar-refractivity contribution in [3.8, 4) is 5.75 Å². The second-order valence-corrected chi connectivity index (χ2v) is 7.35. The third-order valence-electron chi connectivity index (χ3n) is 3.16. The fraction of sp³-hybridized carbons (Fsp3) is 0.0625. The molecule has 0 fully saturated rings. The zero-order valence-corrected chi connectivity index (χ0v) is 16.3. The highest BCUT2D eigenvalue weighted by Gasteiger charge is 2.14. The van der Waals surface area contributed by atoms with Gasteiger partial charge in [-0.2, -0.15) is 0 Å². The van der Waals surface area contributed by atoms with Crippen molar-refractivity contribution in [1.29, 1.82) is 0 Å². The number of pyridine rings is 1. The maximum absolute atomic E-state index is 11.9. The zero-order valence-electron chi connectivity index (χ0n) is 12.6. The first-order chi connectivity index (χ1) is 12.1. The van der Waals surface area contributed by atoms with Crippen molar-refractivity contribution in [2.45, 2.75) is 0 Å². The number of fused-ring (bicyclic) bond motifs is 1. The Kier molecular flexibility index (Phi) is 5.71. The zero-order chi connectivity index (χ0) is 17.8. The summed E-state index contributed by atoms with van der Waals surface area (Å²) in [6.45, 7) is -0.270. The van der Waals surface area contributed by atoms with Gasteiger partial charge in [-0.3, -0.25) is 25.4 Å². The number of hydrazine groups is 1. The number of rotatable bonds is 4. The van der Waals surface area contributed by atoms with Crippen LogP contribution in [-0.2, 0) is 4.79 Å². The van der Waals surface area contributed by atoms with E-state index < -0.39 is 5.91 Å². The second-order valence-electron chi connectivity index (χ2n) is 4.84. The molecule has 2 aromatic heterocycles. The van der Waals surface area contributed by atoms with Gasteiger partial charge in [0, 0.05) is 11.6 Å². The highest BCUT2D eigenvalue weighted by Crippen LogP contribution is 2.34. The monoisotopic (exact) mass is 487 g/mol. The van der Waals surface area contributed by atoms with Crippen LogP contribution in [0.4, 0.5) is 0 Å².